The highest BCUT2D eigenvalue weighted by atomic mass is 35.5. The molecule has 0 spiro atoms. The van der Waals surface area contributed by atoms with Crippen molar-refractivity contribution in [3.8, 4) is 11.5 Å². The Morgan fingerprint density at radius 1 is 1.22 bits per heavy atom. The lowest BCUT2D eigenvalue weighted by atomic mass is 10.2. The third-order valence-electron chi connectivity index (χ3n) is 3.93. The topological polar surface area (TPSA) is 49.2 Å². The van der Waals surface area contributed by atoms with E-state index in [4.69, 9.17) is 21.1 Å². The van der Waals surface area contributed by atoms with Crippen LogP contribution in [0.1, 0.15) is 24.4 Å². The van der Waals surface area contributed by atoms with Gasteiger partial charge in [0.2, 0.25) is 0 Å². The van der Waals surface area contributed by atoms with E-state index in [0.29, 0.717) is 11.6 Å². The number of methoxy groups -OCH3 is 1. The molecular formula is C19H19ClFN3O2S. The van der Waals surface area contributed by atoms with Crippen LogP contribution in [0.2, 0.25) is 5.02 Å². The van der Waals surface area contributed by atoms with E-state index in [1.165, 1.54) is 18.2 Å². The van der Waals surface area contributed by atoms with Gasteiger partial charge in [0.1, 0.15) is 17.3 Å². The van der Waals surface area contributed by atoms with Crippen LogP contribution < -0.4 is 9.47 Å². The number of benzene rings is 2. The summed E-state index contributed by atoms with van der Waals surface area (Å²) >= 11 is 7.60. The lowest BCUT2D eigenvalue weighted by Crippen LogP contribution is -2.10. The molecule has 0 N–H and O–H groups in total. The van der Waals surface area contributed by atoms with Gasteiger partial charge in [0.15, 0.2) is 17.1 Å². The third kappa shape index (κ3) is 4.73. The summed E-state index contributed by atoms with van der Waals surface area (Å²) in [6.45, 7) is 1.85. The first-order chi connectivity index (χ1) is 13.0. The third-order valence-corrected chi connectivity index (χ3v) is 5.32. The van der Waals surface area contributed by atoms with Crippen molar-refractivity contribution in [2.75, 3.05) is 7.11 Å². The zero-order valence-electron chi connectivity index (χ0n) is 15.1. The molecular weight excluding hydrogens is 389 g/mol. The molecule has 5 nitrogen and oxygen atoms in total. The van der Waals surface area contributed by atoms with Gasteiger partial charge in [0.25, 0.3) is 0 Å². The molecule has 0 saturated carbocycles. The number of thioether (sulfide) groups is 1. The van der Waals surface area contributed by atoms with Gasteiger partial charge >= 0.3 is 0 Å². The molecule has 142 valence electrons. The van der Waals surface area contributed by atoms with E-state index in [-0.39, 0.29) is 5.02 Å². The molecule has 0 aliphatic carbocycles. The number of aromatic nitrogens is 3. The van der Waals surface area contributed by atoms with Crippen molar-refractivity contribution >= 4 is 23.4 Å². The molecule has 1 atom stereocenters. The molecule has 2 aromatic carbocycles. The molecule has 0 aliphatic heterocycles. The Labute approximate surface area is 166 Å². The summed E-state index contributed by atoms with van der Waals surface area (Å²) in [6.07, 6.45) is -0.392. The zero-order valence-corrected chi connectivity index (χ0v) is 16.7. The number of nitrogens with zero attached hydrogens (tertiary/aromatic N) is 3. The van der Waals surface area contributed by atoms with Gasteiger partial charge < -0.3 is 14.0 Å². The maximum Gasteiger partial charge on any atom is 0.191 e. The highest BCUT2D eigenvalue weighted by Gasteiger charge is 2.18. The van der Waals surface area contributed by atoms with Crippen LogP contribution in [0.3, 0.4) is 0 Å². The molecule has 0 bridgehead atoms. The summed E-state index contributed by atoms with van der Waals surface area (Å²) in [4.78, 5) is 0. The number of rotatable bonds is 7. The second kappa shape index (κ2) is 8.63. The summed E-state index contributed by atoms with van der Waals surface area (Å²) < 4.78 is 26.1. The van der Waals surface area contributed by atoms with Gasteiger partial charge in [-0.1, -0.05) is 35.5 Å². The summed E-state index contributed by atoms with van der Waals surface area (Å²) in [5, 5.41) is 9.47. The fraction of sp³-hybridized carbons (Fsp3) is 0.263. The fourth-order valence-electron chi connectivity index (χ4n) is 2.53. The van der Waals surface area contributed by atoms with Crippen LogP contribution in [-0.4, -0.2) is 21.9 Å². The Kier molecular flexibility index (Phi) is 6.23. The predicted molar refractivity (Wildman–Crippen MR) is 104 cm³/mol. The van der Waals surface area contributed by atoms with E-state index in [2.05, 4.69) is 10.2 Å². The number of halogens is 2. The second-order valence-corrected chi connectivity index (χ2v) is 7.22. The van der Waals surface area contributed by atoms with Gasteiger partial charge in [0, 0.05) is 12.8 Å². The fourth-order valence-corrected chi connectivity index (χ4v) is 3.60. The smallest absolute Gasteiger partial charge is 0.191 e. The molecule has 1 aromatic heterocycles. The van der Waals surface area contributed by atoms with Crippen molar-refractivity contribution in [3.05, 3.63) is 64.7 Å². The van der Waals surface area contributed by atoms with E-state index < -0.39 is 11.9 Å². The van der Waals surface area contributed by atoms with Crippen LogP contribution in [0.25, 0.3) is 0 Å². The van der Waals surface area contributed by atoms with E-state index in [9.17, 15) is 4.39 Å². The first kappa shape index (κ1) is 19.5. The van der Waals surface area contributed by atoms with Crippen molar-refractivity contribution in [2.45, 2.75) is 23.9 Å². The second-order valence-electron chi connectivity index (χ2n) is 5.87. The molecule has 0 saturated heterocycles. The zero-order chi connectivity index (χ0) is 19.4. The first-order valence-corrected chi connectivity index (χ1v) is 9.61. The van der Waals surface area contributed by atoms with Crippen molar-refractivity contribution in [3.63, 3.8) is 0 Å². The Morgan fingerprint density at radius 3 is 2.78 bits per heavy atom. The Bertz CT molecular complexity index is 935. The number of hydrogen-bond donors (Lipinski definition) is 0. The molecule has 3 rings (SSSR count). The van der Waals surface area contributed by atoms with Crippen LogP contribution in [0.5, 0.6) is 11.5 Å². The maximum atomic E-state index is 13.2. The molecule has 1 heterocycles. The molecule has 8 heteroatoms. The normalized spacial score (nSPS) is 12.0. The molecule has 0 fully saturated rings. The molecule has 3 aromatic rings. The predicted octanol–water partition coefficient (Wildman–Crippen LogP) is 5.05. The van der Waals surface area contributed by atoms with Gasteiger partial charge in [0.05, 0.1) is 12.1 Å². The van der Waals surface area contributed by atoms with Gasteiger partial charge in [-0.3, -0.25) is 0 Å². The van der Waals surface area contributed by atoms with E-state index in [1.54, 1.807) is 18.9 Å². The van der Waals surface area contributed by atoms with E-state index in [1.807, 2.05) is 42.8 Å². The van der Waals surface area contributed by atoms with Gasteiger partial charge in [-0.05, 0) is 42.8 Å². The molecule has 1 unspecified atom stereocenters. The van der Waals surface area contributed by atoms with Crippen molar-refractivity contribution in [2.24, 2.45) is 7.05 Å². The Balaban J connectivity index is 1.68. The van der Waals surface area contributed by atoms with Crippen LogP contribution in [-0.2, 0) is 12.8 Å². The molecule has 0 amide bonds. The minimum absolute atomic E-state index is 0.219. The van der Waals surface area contributed by atoms with Gasteiger partial charge in [-0.2, -0.15) is 0 Å². The van der Waals surface area contributed by atoms with Crippen molar-refractivity contribution in [1.82, 2.24) is 14.8 Å². The van der Waals surface area contributed by atoms with Gasteiger partial charge in [-0.15, -0.1) is 10.2 Å². The van der Waals surface area contributed by atoms with Crippen LogP contribution in [0.4, 0.5) is 4.39 Å². The summed E-state index contributed by atoms with van der Waals surface area (Å²) in [5.41, 5.74) is 1.13. The monoisotopic (exact) mass is 407 g/mol. The number of ether oxygens (including phenoxy) is 2. The van der Waals surface area contributed by atoms with Crippen LogP contribution in [0, 0.1) is 5.82 Å². The lowest BCUT2D eigenvalue weighted by molar-refractivity contribution is 0.211. The van der Waals surface area contributed by atoms with Crippen LogP contribution >= 0.6 is 23.4 Å². The summed E-state index contributed by atoms with van der Waals surface area (Å²) in [6, 6.07) is 11.9. The van der Waals surface area contributed by atoms with Crippen LogP contribution in [0.15, 0.2) is 47.6 Å². The highest BCUT2D eigenvalue weighted by molar-refractivity contribution is 7.98. The maximum absolute atomic E-state index is 13.2. The first-order valence-electron chi connectivity index (χ1n) is 8.24. The Hall–Kier alpha value is -2.25. The minimum atomic E-state index is -0.408. The SMILES string of the molecule is COc1cccc(CSc2nnc(C(C)Oc3ccc(F)cc3Cl)n2C)c1. The minimum Gasteiger partial charge on any atom is -0.497 e. The molecule has 0 aliphatic rings. The Morgan fingerprint density at radius 2 is 2.04 bits per heavy atom. The summed E-state index contributed by atoms with van der Waals surface area (Å²) in [5.74, 6) is 2.21. The molecule has 27 heavy (non-hydrogen) atoms. The molecule has 0 radical (unpaired) electrons. The standard InChI is InChI=1S/C19H19ClFN3O2S/c1-12(26-17-8-7-14(21)10-16(17)20)18-22-23-19(24(18)2)27-11-13-5-4-6-15(9-13)25-3/h4-10,12H,11H2,1-3H3. The van der Waals surface area contributed by atoms with Gasteiger partial charge in [-0.25, -0.2) is 4.39 Å². The van der Waals surface area contributed by atoms with Crippen molar-refractivity contribution < 1.29 is 13.9 Å². The van der Waals surface area contributed by atoms with Crippen molar-refractivity contribution in [1.29, 1.82) is 0 Å². The number of hydrogen-bond acceptors (Lipinski definition) is 5. The average molecular weight is 408 g/mol. The van der Waals surface area contributed by atoms with E-state index >= 15 is 0 Å². The lowest BCUT2D eigenvalue weighted by Gasteiger charge is -2.15. The quantitative estimate of drug-likeness (QED) is 0.513. The highest BCUT2D eigenvalue weighted by Crippen LogP contribution is 2.30. The largest absolute Gasteiger partial charge is 0.497 e. The summed E-state index contributed by atoms with van der Waals surface area (Å²) in [7, 11) is 3.53. The average Bonchev–Trinajstić information content (AvgIpc) is 3.03. The van der Waals surface area contributed by atoms with E-state index in [0.717, 1.165) is 22.2 Å².